The van der Waals surface area contributed by atoms with Gasteiger partial charge in [-0.2, -0.15) is 11.8 Å². The van der Waals surface area contributed by atoms with Crippen molar-refractivity contribution in [2.45, 2.75) is 109 Å². The van der Waals surface area contributed by atoms with Crippen molar-refractivity contribution in [2.24, 2.45) is 17.6 Å². The fourth-order valence-corrected chi connectivity index (χ4v) is 6.45. The third kappa shape index (κ3) is 15.9. The van der Waals surface area contributed by atoms with Crippen LogP contribution in [0.3, 0.4) is 0 Å². The van der Waals surface area contributed by atoms with Gasteiger partial charge < -0.3 is 53.2 Å². The lowest BCUT2D eigenvalue weighted by Gasteiger charge is -2.29. The molecule has 18 nitrogen and oxygen atoms in total. The minimum absolute atomic E-state index is 0.0950. The first-order chi connectivity index (χ1) is 25.8. The fourth-order valence-electron chi connectivity index (χ4n) is 5.38. The van der Waals surface area contributed by atoms with Crippen LogP contribution in [0.15, 0.2) is 30.3 Å². The molecule has 8 atom stereocenters. The van der Waals surface area contributed by atoms with Gasteiger partial charge in [-0.3, -0.25) is 38.4 Å². The van der Waals surface area contributed by atoms with Crippen LogP contribution in [-0.2, 0) is 44.8 Å². The van der Waals surface area contributed by atoms with Gasteiger partial charge in [-0.05, 0) is 50.5 Å². The van der Waals surface area contributed by atoms with E-state index in [1.54, 1.807) is 30.3 Å². The van der Waals surface area contributed by atoms with Gasteiger partial charge in [-0.25, -0.2) is 0 Å². The van der Waals surface area contributed by atoms with Gasteiger partial charge in [0.25, 0.3) is 0 Å². The number of hydrogen-bond donors (Lipinski definition) is 10. The smallest absolute Gasteiger partial charge is 0.325 e. The van der Waals surface area contributed by atoms with E-state index < -0.39 is 102 Å². The van der Waals surface area contributed by atoms with Crippen LogP contribution in [0.25, 0.3) is 0 Å². The number of carbonyl (C=O) groups excluding carboxylic acids is 7. The summed E-state index contributed by atoms with van der Waals surface area (Å²) in [5.74, 6) is -7.56. The molecule has 1 fully saturated rings. The van der Waals surface area contributed by atoms with Crippen LogP contribution < -0.4 is 43.0 Å². The minimum atomic E-state index is -1.53. The number of aliphatic carboxylic acids is 1. The molecule has 2 rings (SSSR count). The van der Waals surface area contributed by atoms with Crippen molar-refractivity contribution in [3.8, 4) is 0 Å². The molecule has 0 bridgehead atoms. The van der Waals surface area contributed by atoms with E-state index in [9.17, 15) is 48.6 Å². The largest absolute Gasteiger partial charge is 0.480 e. The van der Waals surface area contributed by atoms with Crippen LogP contribution >= 0.6 is 11.8 Å². The highest BCUT2D eigenvalue weighted by molar-refractivity contribution is 7.99. The number of hydrogen-bond acceptors (Lipinski definition) is 11. The maximum absolute atomic E-state index is 13.8. The second kappa shape index (κ2) is 22.6. The van der Waals surface area contributed by atoms with E-state index in [0.717, 1.165) is 17.3 Å². The van der Waals surface area contributed by atoms with Crippen molar-refractivity contribution in [1.82, 2.24) is 37.2 Å². The number of carbonyl (C=O) groups is 8. The lowest BCUT2D eigenvalue weighted by atomic mass is 10.0. The van der Waals surface area contributed by atoms with Gasteiger partial charge in [0, 0.05) is 11.5 Å². The summed E-state index contributed by atoms with van der Waals surface area (Å²) in [5, 5.41) is 37.0. The summed E-state index contributed by atoms with van der Waals surface area (Å²) < 4.78 is 0. The molecule has 7 amide bonds. The Morgan fingerprint density at radius 2 is 1.36 bits per heavy atom. The summed E-state index contributed by atoms with van der Waals surface area (Å²) in [6.07, 6.45) is 0.435. The Labute approximate surface area is 325 Å². The second-order valence-electron chi connectivity index (χ2n) is 14.4. The predicted octanol–water partition coefficient (Wildman–Crippen LogP) is -2.09. The molecule has 0 aliphatic carbocycles. The first-order valence-corrected chi connectivity index (χ1v) is 19.3. The Bertz CT molecular complexity index is 1510. The molecular weight excluding hydrogens is 737 g/mol. The average molecular weight is 793 g/mol. The Balaban J connectivity index is 2.45. The summed E-state index contributed by atoms with van der Waals surface area (Å²) in [6, 6.07) is -1.30. The number of carboxylic acids is 1. The van der Waals surface area contributed by atoms with Crippen LogP contribution in [0.5, 0.6) is 0 Å². The lowest BCUT2D eigenvalue weighted by Crippen LogP contribution is -2.61. The molecule has 1 aliphatic rings. The van der Waals surface area contributed by atoms with Crippen LogP contribution in [-0.4, -0.2) is 124 Å². The van der Waals surface area contributed by atoms with Crippen LogP contribution in [0.2, 0.25) is 0 Å². The van der Waals surface area contributed by atoms with Crippen molar-refractivity contribution in [3.63, 3.8) is 0 Å². The molecule has 1 aromatic carbocycles. The molecule has 1 aromatic rings. The minimum Gasteiger partial charge on any atom is -0.480 e. The van der Waals surface area contributed by atoms with E-state index in [-0.39, 0.29) is 42.6 Å². The second-order valence-corrected chi connectivity index (χ2v) is 15.5. The van der Waals surface area contributed by atoms with Gasteiger partial charge in [0.1, 0.15) is 42.3 Å². The molecule has 1 heterocycles. The molecule has 0 radical (unpaired) electrons. The first-order valence-electron chi connectivity index (χ1n) is 18.2. The number of rotatable bonds is 14. The number of nitrogens with one attached hydrogen (secondary N) is 7. The zero-order valence-corrected chi connectivity index (χ0v) is 32.9. The summed E-state index contributed by atoms with van der Waals surface area (Å²) in [7, 11) is 0. The molecule has 306 valence electrons. The molecule has 55 heavy (non-hydrogen) atoms. The highest BCUT2D eigenvalue weighted by Crippen LogP contribution is 2.13. The molecule has 1 aliphatic heterocycles. The van der Waals surface area contributed by atoms with E-state index in [1.807, 2.05) is 27.7 Å². The number of aliphatic hydroxyl groups excluding tert-OH is 1. The van der Waals surface area contributed by atoms with Crippen LogP contribution in [0, 0.1) is 11.8 Å². The van der Waals surface area contributed by atoms with E-state index in [2.05, 4.69) is 37.2 Å². The van der Waals surface area contributed by atoms with Crippen LogP contribution in [0.1, 0.15) is 59.9 Å². The Morgan fingerprint density at radius 1 is 0.800 bits per heavy atom. The third-order valence-electron chi connectivity index (χ3n) is 8.45. The predicted molar refractivity (Wildman–Crippen MR) is 204 cm³/mol. The molecule has 0 saturated carbocycles. The molecule has 11 N–H and O–H groups in total. The quantitative estimate of drug-likeness (QED) is 0.0971. The first kappa shape index (κ1) is 46.4. The van der Waals surface area contributed by atoms with Gasteiger partial charge in [0.2, 0.25) is 41.4 Å². The van der Waals surface area contributed by atoms with E-state index in [1.165, 1.54) is 13.8 Å². The summed E-state index contributed by atoms with van der Waals surface area (Å²) in [4.78, 5) is 105. The van der Waals surface area contributed by atoms with Crippen molar-refractivity contribution in [2.75, 3.05) is 18.1 Å². The zero-order chi connectivity index (χ0) is 41.4. The van der Waals surface area contributed by atoms with Crippen LogP contribution in [0.4, 0.5) is 0 Å². The van der Waals surface area contributed by atoms with Gasteiger partial charge >= 0.3 is 5.97 Å². The topological polar surface area (TPSA) is 287 Å². The highest BCUT2D eigenvalue weighted by Gasteiger charge is 2.34. The normalized spacial score (nSPS) is 23.3. The monoisotopic (exact) mass is 792 g/mol. The molecule has 1 saturated heterocycles. The molecular formula is C36H56N8O10S. The SMILES string of the molecule is CC(C)C[C@@H]1NC(=O)[C@H](C)NC(=O)[C@H](CC(C)C)NC(=O)[C@H](NC(=O)[C@H](CO)NC(=O)[C@@H](N)Cc2ccccc2)CSC[C@@H](C(=O)N[C@@H](C)C(=O)O)NC1=O. The molecule has 19 heteroatoms. The summed E-state index contributed by atoms with van der Waals surface area (Å²) in [5.41, 5.74) is 6.83. The zero-order valence-electron chi connectivity index (χ0n) is 32.0. The van der Waals surface area contributed by atoms with Crippen molar-refractivity contribution in [3.05, 3.63) is 35.9 Å². The number of carboxylic acid groups (broad SMARTS) is 1. The Kier molecular flexibility index (Phi) is 19.1. The maximum atomic E-state index is 13.8. The lowest BCUT2D eigenvalue weighted by molar-refractivity contribution is -0.141. The Morgan fingerprint density at radius 3 is 1.91 bits per heavy atom. The number of thioether (sulfide) groups is 1. The Hall–Kier alpha value is -4.75. The molecule has 0 unspecified atom stereocenters. The average Bonchev–Trinajstić information content (AvgIpc) is 3.11. The fraction of sp³-hybridized carbons (Fsp3) is 0.611. The number of amides is 7. The van der Waals surface area contributed by atoms with Gasteiger partial charge in [0.05, 0.1) is 12.6 Å². The van der Waals surface area contributed by atoms with Crippen molar-refractivity contribution in [1.29, 1.82) is 0 Å². The van der Waals surface area contributed by atoms with Gasteiger partial charge in [0.15, 0.2) is 0 Å². The van der Waals surface area contributed by atoms with E-state index in [4.69, 9.17) is 5.73 Å². The number of benzene rings is 1. The standard InChI is InChI=1S/C36H56N8O10S/c1-18(2)12-24-31(48)38-20(5)29(46)40-25(13-19(3)4)32(49)43-27(34(51)39-21(6)36(53)54)16-55-17-28(35(52)41-24)44-33(50)26(15-45)42-30(47)23(37)14-22-10-8-7-9-11-22/h7-11,18-21,23-28,45H,12-17,37H2,1-6H3,(H,38,48)(H,39,51)(H,40,46)(H,41,52)(H,42,47)(H,43,49)(H,44,50)(H,53,54)/t20-,21-,23-,24-,25-,26-,27-,28+/m0/s1. The third-order valence-corrected chi connectivity index (χ3v) is 9.59. The van der Waals surface area contributed by atoms with Crippen molar-refractivity contribution < 1.29 is 48.6 Å². The number of nitrogens with two attached hydrogens (primary N) is 1. The van der Waals surface area contributed by atoms with Gasteiger partial charge in [-0.1, -0.05) is 58.0 Å². The summed E-state index contributed by atoms with van der Waals surface area (Å²) >= 11 is 0.932. The molecule has 0 spiro atoms. The molecule has 0 aromatic heterocycles. The maximum Gasteiger partial charge on any atom is 0.325 e. The highest BCUT2D eigenvalue weighted by atomic mass is 32.2. The van der Waals surface area contributed by atoms with Gasteiger partial charge in [-0.15, -0.1) is 0 Å². The van der Waals surface area contributed by atoms with E-state index >= 15 is 0 Å². The van der Waals surface area contributed by atoms with Crippen molar-refractivity contribution >= 4 is 59.1 Å². The van der Waals surface area contributed by atoms with E-state index in [0.29, 0.717) is 0 Å². The summed E-state index contributed by atoms with van der Waals surface area (Å²) in [6.45, 7) is 9.03. The number of aliphatic hydroxyl groups is 1.